The molecule has 6 heteroatoms. The molecule has 0 bridgehead atoms. The van der Waals surface area contributed by atoms with Crippen LogP contribution in [0, 0.1) is 5.82 Å². The van der Waals surface area contributed by atoms with Gasteiger partial charge in [-0.05, 0) is 38.5 Å². The van der Waals surface area contributed by atoms with Crippen molar-refractivity contribution in [3.8, 4) is 0 Å². The van der Waals surface area contributed by atoms with Gasteiger partial charge in [-0.15, -0.1) is 0 Å². The highest BCUT2D eigenvalue weighted by Crippen LogP contribution is 2.19. The molecule has 0 fully saturated rings. The second-order valence-electron chi connectivity index (χ2n) is 5.73. The summed E-state index contributed by atoms with van der Waals surface area (Å²) >= 11 is 0. The number of hydrogen-bond acceptors (Lipinski definition) is 3. The molecule has 0 saturated carbocycles. The summed E-state index contributed by atoms with van der Waals surface area (Å²) in [6.07, 6.45) is -0.776. The Balaban J connectivity index is 2.69. The van der Waals surface area contributed by atoms with Gasteiger partial charge in [-0.1, -0.05) is 12.1 Å². The normalized spacial score (nSPS) is 12.6. The zero-order valence-corrected chi connectivity index (χ0v) is 12.4. The van der Waals surface area contributed by atoms with E-state index in [9.17, 15) is 14.0 Å². The van der Waals surface area contributed by atoms with E-state index in [0.29, 0.717) is 5.56 Å². The average molecular weight is 297 g/mol. The number of halogens is 1. The van der Waals surface area contributed by atoms with Gasteiger partial charge in [0, 0.05) is 12.5 Å². The lowest BCUT2D eigenvalue weighted by Crippen LogP contribution is -2.35. The van der Waals surface area contributed by atoms with Crippen LogP contribution in [0.5, 0.6) is 0 Å². The maximum atomic E-state index is 12.9. The maximum absolute atomic E-state index is 12.9. The maximum Gasteiger partial charge on any atom is 0.407 e. The lowest BCUT2D eigenvalue weighted by atomic mass is 9.96. The molecule has 21 heavy (non-hydrogen) atoms. The predicted molar refractivity (Wildman–Crippen MR) is 75.6 cm³/mol. The van der Waals surface area contributed by atoms with Gasteiger partial charge in [-0.25, -0.2) is 9.18 Å². The van der Waals surface area contributed by atoms with Crippen molar-refractivity contribution in [1.82, 2.24) is 5.32 Å². The van der Waals surface area contributed by atoms with E-state index in [1.807, 2.05) is 0 Å². The molecule has 2 N–H and O–H groups in total. The first kappa shape index (κ1) is 16.9. The summed E-state index contributed by atoms with van der Waals surface area (Å²) in [6.45, 7) is 5.32. The molecule has 1 unspecified atom stereocenters. The van der Waals surface area contributed by atoms with Crippen molar-refractivity contribution >= 4 is 12.1 Å². The molecule has 0 aliphatic carbocycles. The summed E-state index contributed by atoms with van der Waals surface area (Å²) < 4.78 is 18.0. The van der Waals surface area contributed by atoms with Crippen LogP contribution in [-0.2, 0) is 9.53 Å². The zero-order chi connectivity index (χ0) is 16.0. The van der Waals surface area contributed by atoms with Gasteiger partial charge >= 0.3 is 12.1 Å². The minimum absolute atomic E-state index is 0.104. The van der Waals surface area contributed by atoms with E-state index in [-0.39, 0.29) is 13.0 Å². The fraction of sp³-hybridized carbons (Fsp3) is 0.467. The number of amides is 1. The van der Waals surface area contributed by atoms with Crippen LogP contribution in [-0.4, -0.2) is 29.3 Å². The minimum atomic E-state index is -0.990. The van der Waals surface area contributed by atoms with Crippen LogP contribution in [0.1, 0.15) is 38.7 Å². The first-order valence-electron chi connectivity index (χ1n) is 6.61. The zero-order valence-electron chi connectivity index (χ0n) is 12.4. The average Bonchev–Trinajstić information content (AvgIpc) is 2.33. The predicted octanol–water partition coefficient (Wildman–Crippen LogP) is 2.91. The molecule has 116 valence electrons. The smallest absolute Gasteiger partial charge is 0.407 e. The van der Waals surface area contributed by atoms with Gasteiger partial charge in [-0.2, -0.15) is 0 Å². The number of ether oxygens (including phenoxy) is 1. The van der Waals surface area contributed by atoms with Crippen molar-refractivity contribution in [3.63, 3.8) is 0 Å². The van der Waals surface area contributed by atoms with Crippen LogP contribution in [0.4, 0.5) is 9.18 Å². The molecule has 0 radical (unpaired) electrons. The summed E-state index contributed by atoms with van der Waals surface area (Å²) in [7, 11) is 0. The molecule has 5 nitrogen and oxygen atoms in total. The molecule has 0 aliphatic heterocycles. The van der Waals surface area contributed by atoms with Crippen LogP contribution < -0.4 is 5.32 Å². The van der Waals surface area contributed by atoms with E-state index in [1.165, 1.54) is 24.3 Å². The highest BCUT2D eigenvalue weighted by Gasteiger charge is 2.20. The van der Waals surface area contributed by atoms with Gasteiger partial charge in [0.15, 0.2) is 0 Å². The highest BCUT2D eigenvalue weighted by atomic mass is 19.1. The molecular weight excluding hydrogens is 277 g/mol. The number of rotatable bonds is 5. The van der Waals surface area contributed by atoms with Crippen LogP contribution in [0.15, 0.2) is 24.3 Å². The molecule has 1 amide bonds. The minimum Gasteiger partial charge on any atom is -0.481 e. The fourth-order valence-corrected chi connectivity index (χ4v) is 1.77. The Labute approximate surface area is 123 Å². The van der Waals surface area contributed by atoms with Crippen LogP contribution in [0.25, 0.3) is 0 Å². The Morgan fingerprint density at radius 1 is 1.29 bits per heavy atom. The van der Waals surface area contributed by atoms with E-state index in [2.05, 4.69) is 5.32 Å². The van der Waals surface area contributed by atoms with Crippen LogP contribution >= 0.6 is 0 Å². The third-order valence-corrected chi connectivity index (χ3v) is 2.65. The van der Waals surface area contributed by atoms with Gasteiger partial charge in [0.2, 0.25) is 0 Å². The van der Waals surface area contributed by atoms with Crippen molar-refractivity contribution in [2.45, 2.75) is 38.7 Å². The van der Waals surface area contributed by atoms with Gasteiger partial charge in [0.1, 0.15) is 11.4 Å². The third-order valence-electron chi connectivity index (χ3n) is 2.65. The molecule has 0 heterocycles. The summed E-state index contributed by atoms with van der Waals surface area (Å²) in [4.78, 5) is 22.5. The van der Waals surface area contributed by atoms with Gasteiger partial charge in [-0.3, -0.25) is 4.79 Å². The van der Waals surface area contributed by atoms with Crippen LogP contribution in [0.3, 0.4) is 0 Å². The number of carboxylic acid groups (broad SMARTS) is 1. The van der Waals surface area contributed by atoms with E-state index in [4.69, 9.17) is 9.84 Å². The molecule has 1 aromatic carbocycles. The Bertz CT molecular complexity index is 493. The van der Waals surface area contributed by atoms with Crippen LogP contribution in [0.2, 0.25) is 0 Å². The largest absolute Gasteiger partial charge is 0.481 e. The summed E-state index contributed by atoms with van der Waals surface area (Å²) in [5, 5.41) is 11.5. The number of benzene rings is 1. The SMILES string of the molecule is CC(C)(C)OC(=O)NCC(CC(=O)O)c1ccc(F)cc1. The molecule has 1 rings (SSSR count). The number of hydrogen-bond donors (Lipinski definition) is 2. The molecule has 0 aliphatic rings. The standard InChI is InChI=1S/C15H20FNO4/c1-15(2,3)21-14(20)17-9-11(8-13(18)19)10-4-6-12(16)7-5-10/h4-7,11H,8-9H2,1-3H3,(H,17,20)(H,18,19). The van der Waals surface area contributed by atoms with E-state index < -0.39 is 29.4 Å². The number of aliphatic carboxylic acids is 1. The molecular formula is C15H20FNO4. The van der Waals surface area contributed by atoms with Crippen molar-refractivity contribution in [3.05, 3.63) is 35.6 Å². The van der Waals surface area contributed by atoms with Crippen molar-refractivity contribution < 1.29 is 23.8 Å². The lowest BCUT2D eigenvalue weighted by Gasteiger charge is -2.21. The van der Waals surface area contributed by atoms with E-state index in [1.54, 1.807) is 20.8 Å². The first-order chi connectivity index (χ1) is 9.67. The van der Waals surface area contributed by atoms with Gasteiger partial charge < -0.3 is 15.2 Å². The molecule has 0 spiro atoms. The lowest BCUT2D eigenvalue weighted by molar-refractivity contribution is -0.137. The first-order valence-corrected chi connectivity index (χ1v) is 6.61. The second kappa shape index (κ2) is 7.06. The Kier molecular flexibility index (Phi) is 5.69. The molecule has 0 aromatic heterocycles. The summed E-state index contributed by atoms with van der Waals surface area (Å²) in [5.74, 6) is -1.83. The third kappa shape index (κ3) is 6.74. The van der Waals surface area contributed by atoms with E-state index >= 15 is 0 Å². The van der Waals surface area contributed by atoms with E-state index in [0.717, 1.165) is 0 Å². The fourth-order valence-electron chi connectivity index (χ4n) is 1.77. The number of alkyl carbamates (subject to hydrolysis) is 1. The quantitative estimate of drug-likeness (QED) is 0.876. The topological polar surface area (TPSA) is 75.6 Å². The number of carbonyl (C=O) groups is 2. The monoisotopic (exact) mass is 297 g/mol. The number of carbonyl (C=O) groups excluding carboxylic acids is 1. The summed E-state index contributed by atoms with van der Waals surface area (Å²) in [5.41, 5.74) is 0.0253. The summed E-state index contributed by atoms with van der Waals surface area (Å²) in [6, 6.07) is 5.55. The van der Waals surface area contributed by atoms with Crippen molar-refractivity contribution in [1.29, 1.82) is 0 Å². The number of carboxylic acids is 1. The Hall–Kier alpha value is -2.11. The Morgan fingerprint density at radius 2 is 1.86 bits per heavy atom. The number of nitrogens with one attached hydrogen (secondary N) is 1. The molecule has 1 aromatic rings. The molecule has 1 atom stereocenters. The van der Waals surface area contributed by atoms with Crippen molar-refractivity contribution in [2.75, 3.05) is 6.54 Å². The Morgan fingerprint density at radius 3 is 2.33 bits per heavy atom. The van der Waals surface area contributed by atoms with Gasteiger partial charge in [0.05, 0.1) is 6.42 Å². The van der Waals surface area contributed by atoms with Crippen molar-refractivity contribution in [2.24, 2.45) is 0 Å². The second-order valence-corrected chi connectivity index (χ2v) is 5.73. The highest BCUT2D eigenvalue weighted by molar-refractivity contribution is 5.69. The van der Waals surface area contributed by atoms with Gasteiger partial charge in [0.25, 0.3) is 0 Å². The molecule has 0 saturated heterocycles.